The van der Waals surface area contributed by atoms with Crippen LogP contribution < -0.4 is 11.1 Å². The van der Waals surface area contributed by atoms with E-state index in [-0.39, 0.29) is 0 Å². The molecule has 2 rings (SSSR count). The van der Waals surface area contributed by atoms with Crippen LogP contribution in [0.5, 0.6) is 0 Å². The van der Waals surface area contributed by atoms with Gasteiger partial charge in [-0.3, -0.25) is 9.89 Å². The molecule has 1 aromatic heterocycles. The predicted octanol–water partition coefficient (Wildman–Crippen LogP) is -0.0311. The average molecular weight is 294 g/mol. The summed E-state index contributed by atoms with van der Waals surface area (Å²) in [6.45, 7) is 6.48. The summed E-state index contributed by atoms with van der Waals surface area (Å²) in [5, 5.41) is 3.17. The fraction of sp³-hybridized carbons (Fsp3) is 0.714. The van der Waals surface area contributed by atoms with E-state index in [4.69, 9.17) is 10.5 Å². The number of aromatic nitrogens is 2. The van der Waals surface area contributed by atoms with Crippen LogP contribution >= 0.6 is 0 Å². The zero-order chi connectivity index (χ0) is 14.8. The second-order valence-corrected chi connectivity index (χ2v) is 5.18. The van der Waals surface area contributed by atoms with Crippen LogP contribution in [0.4, 0.5) is 0 Å². The van der Waals surface area contributed by atoms with Gasteiger partial charge in [0.1, 0.15) is 0 Å². The maximum Gasteiger partial charge on any atom is 0.188 e. The SMILES string of the molecule is NC(=NCCCc1cnc[nH]1)NCCCN1CCOCC1. The molecular formula is C14H26N6O. The average Bonchev–Trinajstić information content (AvgIpc) is 3.02. The van der Waals surface area contributed by atoms with E-state index in [1.54, 1.807) is 6.33 Å². The lowest BCUT2D eigenvalue weighted by Gasteiger charge is -2.26. The predicted molar refractivity (Wildman–Crippen MR) is 83.3 cm³/mol. The molecule has 1 aromatic rings. The Morgan fingerprint density at radius 2 is 2.29 bits per heavy atom. The molecule has 7 nitrogen and oxygen atoms in total. The van der Waals surface area contributed by atoms with Crippen molar-refractivity contribution in [2.45, 2.75) is 19.3 Å². The van der Waals surface area contributed by atoms with Crippen molar-refractivity contribution in [1.29, 1.82) is 0 Å². The normalized spacial score (nSPS) is 17.0. The molecule has 118 valence electrons. The van der Waals surface area contributed by atoms with Crippen LogP contribution in [0.15, 0.2) is 17.5 Å². The molecule has 1 fully saturated rings. The minimum Gasteiger partial charge on any atom is -0.379 e. The van der Waals surface area contributed by atoms with Crippen molar-refractivity contribution in [1.82, 2.24) is 20.2 Å². The lowest BCUT2D eigenvalue weighted by molar-refractivity contribution is 0.0376. The Bertz CT molecular complexity index is 400. The van der Waals surface area contributed by atoms with Gasteiger partial charge in [0.2, 0.25) is 0 Å². The van der Waals surface area contributed by atoms with Gasteiger partial charge < -0.3 is 20.8 Å². The fourth-order valence-corrected chi connectivity index (χ4v) is 2.29. The molecule has 0 aliphatic carbocycles. The van der Waals surface area contributed by atoms with Gasteiger partial charge in [0.05, 0.1) is 19.5 Å². The summed E-state index contributed by atoms with van der Waals surface area (Å²) in [6, 6.07) is 0. The number of hydrogen-bond acceptors (Lipinski definition) is 4. The van der Waals surface area contributed by atoms with Crippen molar-refractivity contribution in [3.05, 3.63) is 18.2 Å². The number of guanidine groups is 1. The molecule has 0 aromatic carbocycles. The topological polar surface area (TPSA) is 91.6 Å². The van der Waals surface area contributed by atoms with Gasteiger partial charge >= 0.3 is 0 Å². The molecule has 7 heteroatoms. The minimum absolute atomic E-state index is 0.543. The van der Waals surface area contributed by atoms with E-state index in [0.717, 1.165) is 70.9 Å². The summed E-state index contributed by atoms with van der Waals surface area (Å²) in [4.78, 5) is 13.8. The first-order valence-electron chi connectivity index (χ1n) is 7.66. The molecule has 4 N–H and O–H groups in total. The van der Waals surface area contributed by atoms with Crippen LogP contribution in [0.3, 0.4) is 0 Å². The van der Waals surface area contributed by atoms with Crippen LogP contribution in [-0.4, -0.2) is 66.8 Å². The summed E-state index contributed by atoms with van der Waals surface area (Å²) in [5.41, 5.74) is 6.98. The Morgan fingerprint density at radius 3 is 3.05 bits per heavy atom. The number of aromatic amines is 1. The summed E-state index contributed by atoms with van der Waals surface area (Å²) < 4.78 is 5.32. The van der Waals surface area contributed by atoms with Gasteiger partial charge in [-0.1, -0.05) is 0 Å². The van der Waals surface area contributed by atoms with Gasteiger partial charge in [0.25, 0.3) is 0 Å². The number of aliphatic imine (C=N–C) groups is 1. The van der Waals surface area contributed by atoms with E-state index in [1.807, 2.05) is 6.20 Å². The molecule has 0 unspecified atom stereocenters. The Hall–Kier alpha value is -1.60. The van der Waals surface area contributed by atoms with E-state index in [1.165, 1.54) is 0 Å². The number of hydrogen-bond donors (Lipinski definition) is 3. The molecule has 1 aliphatic rings. The summed E-state index contributed by atoms with van der Waals surface area (Å²) in [7, 11) is 0. The molecule has 1 saturated heterocycles. The number of rotatable bonds is 8. The highest BCUT2D eigenvalue weighted by molar-refractivity contribution is 5.77. The second kappa shape index (κ2) is 9.36. The minimum atomic E-state index is 0.543. The molecule has 0 saturated carbocycles. The summed E-state index contributed by atoms with van der Waals surface area (Å²) >= 11 is 0. The maximum atomic E-state index is 5.84. The summed E-state index contributed by atoms with van der Waals surface area (Å²) in [6.07, 6.45) is 6.54. The number of nitrogens with two attached hydrogens (primary N) is 1. The summed E-state index contributed by atoms with van der Waals surface area (Å²) in [5.74, 6) is 0.543. The number of nitrogens with one attached hydrogen (secondary N) is 2. The molecule has 21 heavy (non-hydrogen) atoms. The van der Waals surface area contributed by atoms with Crippen molar-refractivity contribution in [3.8, 4) is 0 Å². The largest absolute Gasteiger partial charge is 0.379 e. The zero-order valence-electron chi connectivity index (χ0n) is 12.6. The first kappa shape index (κ1) is 15.8. The molecule has 0 radical (unpaired) electrons. The van der Waals surface area contributed by atoms with Crippen LogP contribution in [-0.2, 0) is 11.2 Å². The van der Waals surface area contributed by atoms with Crippen LogP contribution in [0.2, 0.25) is 0 Å². The van der Waals surface area contributed by atoms with E-state index < -0.39 is 0 Å². The highest BCUT2D eigenvalue weighted by Crippen LogP contribution is 1.98. The van der Waals surface area contributed by atoms with E-state index in [0.29, 0.717) is 5.96 Å². The number of nitrogens with zero attached hydrogens (tertiary/aromatic N) is 3. The fourth-order valence-electron chi connectivity index (χ4n) is 2.29. The van der Waals surface area contributed by atoms with Gasteiger partial charge in [-0.15, -0.1) is 0 Å². The van der Waals surface area contributed by atoms with Gasteiger partial charge in [0, 0.05) is 38.1 Å². The molecule has 2 heterocycles. The Kier molecular flexibility index (Phi) is 7.03. The van der Waals surface area contributed by atoms with Crippen LogP contribution in [0, 0.1) is 0 Å². The second-order valence-electron chi connectivity index (χ2n) is 5.18. The van der Waals surface area contributed by atoms with Crippen LogP contribution in [0.25, 0.3) is 0 Å². The number of ether oxygens (including phenoxy) is 1. The highest BCUT2D eigenvalue weighted by Gasteiger charge is 2.08. The van der Waals surface area contributed by atoms with Crippen molar-refractivity contribution in [2.24, 2.45) is 10.7 Å². The smallest absolute Gasteiger partial charge is 0.188 e. The Labute approximate surface area is 126 Å². The number of imidazole rings is 1. The standard InChI is InChI=1S/C14H26N6O/c15-14(17-4-1-3-13-11-16-12-19-13)18-5-2-6-20-7-9-21-10-8-20/h11-12H,1-10H2,(H,16,19)(H3,15,17,18). The maximum absolute atomic E-state index is 5.84. The molecular weight excluding hydrogens is 268 g/mol. The highest BCUT2D eigenvalue weighted by atomic mass is 16.5. The van der Waals surface area contributed by atoms with Crippen molar-refractivity contribution >= 4 is 5.96 Å². The van der Waals surface area contributed by atoms with Gasteiger partial charge in [-0.2, -0.15) is 0 Å². The lowest BCUT2D eigenvalue weighted by Crippen LogP contribution is -2.39. The molecule has 0 bridgehead atoms. The van der Waals surface area contributed by atoms with Gasteiger partial charge in [-0.05, 0) is 25.8 Å². The molecule has 0 amide bonds. The quantitative estimate of drug-likeness (QED) is 0.356. The third kappa shape index (κ3) is 6.59. The van der Waals surface area contributed by atoms with Crippen LogP contribution in [0.1, 0.15) is 18.5 Å². The first-order chi connectivity index (χ1) is 10.3. The number of aryl methyl sites for hydroxylation is 1. The lowest BCUT2D eigenvalue weighted by atomic mass is 10.2. The number of morpholine rings is 1. The monoisotopic (exact) mass is 294 g/mol. The van der Waals surface area contributed by atoms with Gasteiger partial charge in [-0.25, -0.2) is 4.98 Å². The van der Waals surface area contributed by atoms with Crippen molar-refractivity contribution < 1.29 is 4.74 Å². The van der Waals surface area contributed by atoms with Gasteiger partial charge in [0.15, 0.2) is 5.96 Å². The van der Waals surface area contributed by atoms with Crippen molar-refractivity contribution in [2.75, 3.05) is 45.9 Å². The van der Waals surface area contributed by atoms with Crippen molar-refractivity contribution in [3.63, 3.8) is 0 Å². The zero-order valence-corrected chi connectivity index (χ0v) is 12.6. The Balaban J connectivity index is 1.48. The Morgan fingerprint density at radius 1 is 1.43 bits per heavy atom. The van der Waals surface area contributed by atoms with E-state index in [2.05, 4.69) is 25.2 Å². The molecule has 1 aliphatic heterocycles. The first-order valence-corrected chi connectivity index (χ1v) is 7.66. The third-order valence-corrected chi connectivity index (χ3v) is 3.50. The molecule has 0 spiro atoms. The van der Waals surface area contributed by atoms with E-state index in [9.17, 15) is 0 Å². The molecule has 0 atom stereocenters. The third-order valence-electron chi connectivity index (χ3n) is 3.50. The van der Waals surface area contributed by atoms with E-state index >= 15 is 0 Å². The number of H-pyrrole nitrogens is 1.